The van der Waals surface area contributed by atoms with Gasteiger partial charge in [-0.25, -0.2) is 4.79 Å². The largest absolute Gasteiger partial charge is 0.423 e. The Labute approximate surface area is 153 Å². The molecule has 0 saturated heterocycles. The molecule has 2 aromatic rings. The molecule has 0 bridgehead atoms. The van der Waals surface area contributed by atoms with Gasteiger partial charge in [0.15, 0.2) is 5.75 Å². The van der Waals surface area contributed by atoms with Crippen LogP contribution in [0.2, 0.25) is 5.02 Å². The lowest BCUT2D eigenvalue weighted by Gasteiger charge is -2.29. The maximum atomic E-state index is 12.4. The number of nitro benzene ring substituents is 1. The summed E-state index contributed by atoms with van der Waals surface area (Å²) in [5.74, 6) is -0.474. The molecular formula is C17H14ClN3O5. The summed E-state index contributed by atoms with van der Waals surface area (Å²) >= 11 is 5.98. The fourth-order valence-corrected chi connectivity index (χ4v) is 2.80. The smallest absolute Gasteiger partial charge is 0.331 e. The number of aryl methyl sites for hydroxylation is 1. The highest BCUT2D eigenvalue weighted by Crippen LogP contribution is 2.33. The number of nitrogens with zero attached hydrogens (tertiary/aromatic N) is 2. The number of amides is 1. The van der Waals surface area contributed by atoms with E-state index in [1.807, 2.05) is 19.1 Å². The van der Waals surface area contributed by atoms with Gasteiger partial charge in [0.2, 0.25) is 5.91 Å². The van der Waals surface area contributed by atoms with Gasteiger partial charge in [-0.3, -0.25) is 14.9 Å². The number of esters is 1. The standard InChI is InChI=1S/C17H14ClN3O5/c1-10-2-5-15-14(6-10)20(9-17(23)26-15)8-16(22)19-13-4-3-11(21(24)25)7-12(13)18/h2-7H,8-9H2,1H3,(H,19,22). The molecule has 8 nitrogen and oxygen atoms in total. The first-order chi connectivity index (χ1) is 12.3. The van der Waals surface area contributed by atoms with Crippen molar-refractivity contribution in [3.63, 3.8) is 0 Å². The maximum Gasteiger partial charge on any atom is 0.331 e. The first kappa shape index (κ1) is 17.7. The van der Waals surface area contributed by atoms with E-state index in [0.717, 1.165) is 11.6 Å². The number of nitro groups is 1. The number of carbonyl (C=O) groups excluding carboxylic acids is 2. The predicted octanol–water partition coefficient (Wildman–Crippen LogP) is 2.92. The number of carbonyl (C=O) groups is 2. The van der Waals surface area contributed by atoms with Gasteiger partial charge in [0, 0.05) is 12.1 Å². The third kappa shape index (κ3) is 3.75. The topological polar surface area (TPSA) is 102 Å². The number of fused-ring (bicyclic) bond motifs is 1. The highest BCUT2D eigenvalue weighted by atomic mass is 35.5. The molecule has 0 aliphatic carbocycles. The molecule has 9 heteroatoms. The Morgan fingerprint density at radius 2 is 2.12 bits per heavy atom. The lowest BCUT2D eigenvalue weighted by atomic mass is 10.1. The van der Waals surface area contributed by atoms with Crippen LogP contribution >= 0.6 is 11.6 Å². The van der Waals surface area contributed by atoms with Gasteiger partial charge in [0.1, 0.15) is 6.54 Å². The van der Waals surface area contributed by atoms with Crippen LogP contribution in [0.3, 0.4) is 0 Å². The number of benzene rings is 2. The SMILES string of the molecule is Cc1ccc2c(c1)N(CC(=O)Nc1ccc([N+](=O)[O-])cc1Cl)CC(=O)O2. The van der Waals surface area contributed by atoms with Crippen molar-refractivity contribution in [3.8, 4) is 5.75 Å². The summed E-state index contributed by atoms with van der Waals surface area (Å²) in [6, 6.07) is 9.09. The fraction of sp³-hybridized carbons (Fsp3) is 0.176. The van der Waals surface area contributed by atoms with E-state index in [-0.39, 0.29) is 29.5 Å². The van der Waals surface area contributed by atoms with E-state index in [1.165, 1.54) is 12.1 Å². The van der Waals surface area contributed by atoms with E-state index < -0.39 is 16.8 Å². The van der Waals surface area contributed by atoms with E-state index >= 15 is 0 Å². The quantitative estimate of drug-likeness (QED) is 0.381. The second kappa shape index (κ2) is 7.01. The van der Waals surface area contributed by atoms with E-state index in [1.54, 1.807) is 11.0 Å². The van der Waals surface area contributed by atoms with Crippen molar-refractivity contribution in [1.82, 2.24) is 0 Å². The molecule has 1 aliphatic heterocycles. The monoisotopic (exact) mass is 375 g/mol. The van der Waals surface area contributed by atoms with Crippen molar-refractivity contribution in [1.29, 1.82) is 0 Å². The van der Waals surface area contributed by atoms with Gasteiger partial charge in [-0.05, 0) is 30.7 Å². The van der Waals surface area contributed by atoms with E-state index in [2.05, 4.69) is 5.32 Å². The molecular weight excluding hydrogens is 362 g/mol. The van der Waals surface area contributed by atoms with Crippen molar-refractivity contribution < 1.29 is 19.2 Å². The van der Waals surface area contributed by atoms with Crippen LogP contribution in [0.4, 0.5) is 17.1 Å². The zero-order chi connectivity index (χ0) is 18.8. The Balaban J connectivity index is 1.76. The molecule has 134 valence electrons. The molecule has 0 aromatic heterocycles. The van der Waals surface area contributed by atoms with Crippen LogP contribution in [0.25, 0.3) is 0 Å². The van der Waals surface area contributed by atoms with Gasteiger partial charge < -0.3 is 15.0 Å². The zero-order valence-electron chi connectivity index (χ0n) is 13.7. The van der Waals surface area contributed by atoms with Gasteiger partial charge in [0.05, 0.1) is 27.9 Å². The molecule has 1 aliphatic rings. The summed E-state index contributed by atoms with van der Waals surface area (Å²) < 4.78 is 5.17. The second-order valence-electron chi connectivity index (χ2n) is 5.77. The van der Waals surface area contributed by atoms with Crippen molar-refractivity contribution in [3.05, 3.63) is 57.1 Å². The number of nitrogens with one attached hydrogen (secondary N) is 1. The summed E-state index contributed by atoms with van der Waals surface area (Å²) in [6.45, 7) is 1.74. The Kier molecular flexibility index (Phi) is 4.77. The van der Waals surface area contributed by atoms with Crippen molar-refractivity contribution in [2.24, 2.45) is 0 Å². The Morgan fingerprint density at radius 1 is 1.35 bits per heavy atom. The molecule has 1 N–H and O–H groups in total. The molecule has 0 saturated carbocycles. The lowest BCUT2D eigenvalue weighted by molar-refractivity contribution is -0.384. The van der Waals surface area contributed by atoms with Gasteiger partial charge in [0.25, 0.3) is 5.69 Å². The Hall–Kier alpha value is -3.13. The summed E-state index contributed by atoms with van der Waals surface area (Å²) in [5.41, 5.74) is 1.70. The second-order valence-corrected chi connectivity index (χ2v) is 6.18. The van der Waals surface area contributed by atoms with Crippen LogP contribution in [0, 0.1) is 17.0 Å². The molecule has 1 heterocycles. The van der Waals surface area contributed by atoms with Gasteiger partial charge >= 0.3 is 5.97 Å². The molecule has 26 heavy (non-hydrogen) atoms. The van der Waals surface area contributed by atoms with E-state index in [4.69, 9.17) is 16.3 Å². The molecule has 0 fully saturated rings. The van der Waals surface area contributed by atoms with Gasteiger partial charge in [-0.1, -0.05) is 17.7 Å². The first-order valence-corrected chi connectivity index (χ1v) is 8.01. The van der Waals surface area contributed by atoms with E-state index in [9.17, 15) is 19.7 Å². The average molecular weight is 376 g/mol. The molecule has 0 radical (unpaired) electrons. The Bertz CT molecular complexity index is 915. The van der Waals surface area contributed by atoms with Gasteiger partial charge in [-0.2, -0.15) is 0 Å². The van der Waals surface area contributed by atoms with Crippen molar-refractivity contribution in [2.75, 3.05) is 23.3 Å². The number of hydrogen-bond acceptors (Lipinski definition) is 6. The van der Waals surface area contributed by atoms with Crippen LogP contribution < -0.4 is 15.0 Å². The molecule has 1 amide bonds. The minimum absolute atomic E-state index is 0.0573. The molecule has 0 atom stereocenters. The zero-order valence-corrected chi connectivity index (χ0v) is 14.4. The first-order valence-electron chi connectivity index (χ1n) is 7.63. The van der Waals surface area contributed by atoms with Crippen LogP contribution in [-0.2, 0) is 9.59 Å². The highest BCUT2D eigenvalue weighted by Gasteiger charge is 2.26. The molecule has 3 rings (SSSR count). The maximum absolute atomic E-state index is 12.4. The normalized spacial score (nSPS) is 13.0. The summed E-state index contributed by atoms with van der Waals surface area (Å²) in [6.07, 6.45) is 0. The van der Waals surface area contributed by atoms with Crippen LogP contribution in [0.5, 0.6) is 5.75 Å². The molecule has 0 spiro atoms. The minimum atomic E-state index is -0.573. The van der Waals surface area contributed by atoms with Gasteiger partial charge in [-0.15, -0.1) is 0 Å². The Morgan fingerprint density at radius 3 is 2.81 bits per heavy atom. The fourth-order valence-electron chi connectivity index (χ4n) is 2.58. The van der Waals surface area contributed by atoms with Crippen LogP contribution in [0.1, 0.15) is 5.56 Å². The van der Waals surface area contributed by atoms with Crippen molar-refractivity contribution >= 4 is 40.5 Å². The summed E-state index contributed by atoms with van der Waals surface area (Å²) in [4.78, 5) is 35.9. The van der Waals surface area contributed by atoms with E-state index in [0.29, 0.717) is 11.4 Å². The molecule has 0 unspecified atom stereocenters. The molecule has 2 aromatic carbocycles. The number of hydrogen-bond donors (Lipinski definition) is 1. The number of anilines is 2. The summed E-state index contributed by atoms with van der Waals surface area (Å²) in [7, 11) is 0. The third-order valence-corrected chi connectivity index (χ3v) is 4.08. The predicted molar refractivity (Wildman–Crippen MR) is 95.8 cm³/mol. The third-order valence-electron chi connectivity index (χ3n) is 3.77. The number of ether oxygens (including phenoxy) is 1. The van der Waals surface area contributed by atoms with Crippen LogP contribution in [0.15, 0.2) is 36.4 Å². The summed E-state index contributed by atoms with van der Waals surface area (Å²) in [5, 5.41) is 13.4. The average Bonchev–Trinajstić information content (AvgIpc) is 2.57. The highest BCUT2D eigenvalue weighted by molar-refractivity contribution is 6.34. The number of halogens is 1. The van der Waals surface area contributed by atoms with Crippen LogP contribution in [-0.4, -0.2) is 29.9 Å². The minimum Gasteiger partial charge on any atom is -0.423 e. The lowest BCUT2D eigenvalue weighted by Crippen LogP contribution is -2.41. The van der Waals surface area contributed by atoms with Crippen molar-refractivity contribution in [2.45, 2.75) is 6.92 Å². The number of rotatable bonds is 4. The number of non-ortho nitro benzene ring substituents is 1.